The van der Waals surface area contributed by atoms with Crippen molar-refractivity contribution in [3.05, 3.63) is 65.4 Å². The summed E-state index contributed by atoms with van der Waals surface area (Å²) < 4.78 is 0. The standard InChI is InChI=1S/C17H17NS/c1-12-7-3-4-8-14(12)11-19-17-13(2)18-16-10-6-5-9-15(16)17/h3-10,18H,11H2,1-2H3. The molecule has 0 unspecified atom stereocenters. The fourth-order valence-corrected chi connectivity index (χ4v) is 3.58. The summed E-state index contributed by atoms with van der Waals surface area (Å²) in [6, 6.07) is 17.1. The molecule has 19 heavy (non-hydrogen) atoms. The first-order valence-electron chi connectivity index (χ1n) is 6.50. The predicted octanol–water partition coefficient (Wildman–Crippen LogP) is 5.08. The van der Waals surface area contributed by atoms with E-state index in [4.69, 9.17) is 0 Å². The molecule has 2 heteroatoms. The number of benzene rings is 2. The summed E-state index contributed by atoms with van der Waals surface area (Å²) in [5.41, 5.74) is 5.27. The van der Waals surface area contributed by atoms with Crippen molar-refractivity contribution >= 4 is 22.7 Å². The molecule has 0 aliphatic rings. The fraction of sp³-hybridized carbons (Fsp3) is 0.176. The van der Waals surface area contributed by atoms with E-state index in [9.17, 15) is 0 Å². The summed E-state index contributed by atoms with van der Waals surface area (Å²) in [5.74, 6) is 1.02. The van der Waals surface area contributed by atoms with Crippen LogP contribution < -0.4 is 0 Å². The average molecular weight is 267 g/mol. The molecule has 0 amide bonds. The van der Waals surface area contributed by atoms with E-state index in [1.807, 2.05) is 11.8 Å². The number of aromatic amines is 1. The van der Waals surface area contributed by atoms with Gasteiger partial charge >= 0.3 is 0 Å². The summed E-state index contributed by atoms with van der Waals surface area (Å²) in [6.07, 6.45) is 0. The highest BCUT2D eigenvalue weighted by Gasteiger charge is 2.08. The molecule has 2 aromatic carbocycles. The molecule has 0 saturated heterocycles. The molecule has 0 fully saturated rings. The van der Waals surface area contributed by atoms with Gasteiger partial charge in [0.25, 0.3) is 0 Å². The Morgan fingerprint density at radius 3 is 2.53 bits per heavy atom. The van der Waals surface area contributed by atoms with Gasteiger partial charge in [0, 0.05) is 27.2 Å². The van der Waals surface area contributed by atoms with Gasteiger partial charge in [-0.05, 0) is 31.0 Å². The molecule has 0 radical (unpaired) electrons. The number of hydrogen-bond acceptors (Lipinski definition) is 1. The first-order chi connectivity index (χ1) is 9.25. The quantitative estimate of drug-likeness (QED) is 0.654. The Kier molecular flexibility index (Phi) is 3.34. The van der Waals surface area contributed by atoms with Crippen LogP contribution in [0.2, 0.25) is 0 Å². The van der Waals surface area contributed by atoms with Gasteiger partial charge in [-0.15, -0.1) is 11.8 Å². The number of H-pyrrole nitrogens is 1. The molecule has 0 bridgehead atoms. The van der Waals surface area contributed by atoms with Gasteiger partial charge in [-0.25, -0.2) is 0 Å². The monoisotopic (exact) mass is 267 g/mol. The van der Waals surface area contributed by atoms with Crippen LogP contribution in [0, 0.1) is 13.8 Å². The van der Waals surface area contributed by atoms with Crippen LogP contribution in [0.4, 0.5) is 0 Å². The minimum absolute atomic E-state index is 1.02. The van der Waals surface area contributed by atoms with Crippen molar-refractivity contribution in [2.45, 2.75) is 24.5 Å². The highest BCUT2D eigenvalue weighted by molar-refractivity contribution is 7.98. The molecule has 1 aromatic heterocycles. The van der Waals surface area contributed by atoms with E-state index >= 15 is 0 Å². The van der Waals surface area contributed by atoms with Crippen molar-refractivity contribution in [1.82, 2.24) is 4.98 Å². The number of aryl methyl sites for hydroxylation is 2. The fourth-order valence-electron chi connectivity index (χ4n) is 2.36. The Hall–Kier alpha value is -1.67. The molecule has 1 N–H and O–H groups in total. The molecule has 0 atom stereocenters. The zero-order valence-corrected chi connectivity index (χ0v) is 12.1. The Balaban J connectivity index is 1.90. The van der Waals surface area contributed by atoms with Gasteiger partial charge in [-0.2, -0.15) is 0 Å². The van der Waals surface area contributed by atoms with E-state index in [1.54, 1.807) is 0 Å². The van der Waals surface area contributed by atoms with Crippen LogP contribution in [-0.2, 0) is 5.75 Å². The first-order valence-corrected chi connectivity index (χ1v) is 7.49. The third-order valence-electron chi connectivity index (χ3n) is 3.47. The van der Waals surface area contributed by atoms with E-state index in [0.29, 0.717) is 0 Å². The number of aromatic nitrogens is 1. The number of para-hydroxylation sites is 1. The van der Waals surface area contributed by atoms with Gasteiger partial charge in [0.1, 0.15) is 0 Å². The molecular weight excluding hydrogens is 250 g/mol. The third kappa shape index (κ3) is 2.41. The number of nitrogens with one attached hydrogen (secondary N) is 1. The molecular formula is C17H17NS. The highest BCUT2D eigenvalue weighted by Crippen LogP contribution is 2.33. The Morgan fingerprint density at radius 1 is 0.947 bits per heavy atom. The molecule has 1 heterocycles. The first kappa shape index (κ1) is 12.4. The Morgan fingerprint density at radius 2 is 1.68 bits per heavy atom. The number of rotatable bonds is 3. The summed E-state index contributed by atoms with van der Waals surface area (Å²) >= 11 is 1.92. The molecule has 0 aliphatic carbocycles. The zero-order valence-electron chi connectivity index (χ0n) is 11.2. The number of hydrogen-bond donors (Lipinski definition) is 1. The van der Waals surface area contributed by atoms with Crippen molar-refractivity contribution in [2.75, 3.05) is 0 Å². The molecule has 96 valence electrons. The lowest BCUT2D eigenvalue weighted by Gasteiger charge is -2.05. The highest BCUT2D eigenvalue weighted by atomic mass is 32.2. The smallest absolute Gasteiger partial charge is 0.0467 e. The molecule has 3 rings (SSSR count). The van der Waals surface area contributed by atoms with Gasteiger partial charge in [0.15, 0.2) is 0 Å². The summed E-state index contributed by atoms with van der Waals surface area (Å²) in [4.78, 5) is 4.83. The van der Waals surface area contributed by atoms with Crippen LogP contribution in [0.25, 0.3) is 10.9 Å². The maximum absolute atomic E-state index is 3.46. The summed E-state index contributed by atoms with van der Waals surface area (Å²) in [7, 11) is 0. The predicted molar refractivity (Wildman–Crippen MR) is 83.8 cm³/mol. The molecule has 0 saturated carbocycles. The second kappa shape index (κ2) is 5.14. The van der Waals surface area contributed by atoms with E-state index in [-0.39, 0.29) is 0 Å². The number of thioether (sulfide) groups is 1. The Labute approximate surface area is 118 Å². The second-order valence-electron chi connectivity index (χ2n) is 4.84. The van der Waals surface area contributed by atoms with E-state index in [2.05, 4.69) is 67.4 Å². The molecule has 0 aliphatic heterocycles. The summed E-state index contributed by atoms with van der Waals surface area (Å²) in [5, 5.41) is 1.33. The van der Waals surface area contributed by atoms with Crippen LogP contribution >= 0.6 is 11.8 Å². The van der Waals surface area contributed by atoms with Gasteiger partial charge < -0.3 is 4.98 Å². The molecule has 3 aromatic rings. The average Bonchev–Trinajstić information content (AvgIpc) is 2.74. The zero-order chi connectivity index (χ0) is 13.2. The van der Waals surface area contributed by atoms with Gasteiger partial charge in [0.2, 0.25) is 0 Å². The maximum atomic E-state index is 3.46. The van der Waals surface area contributed by atoms with Crippen LogP contribution in [0.5, 0.6) is 0 Å². The van der Waals surface area contributed by atoms with E-state index in [0.717, 1.165) is 5.75 Å². The van der Waals surface area contributed by atoms with Gasteiger partial charge in [-0.3, -0.25) is 0 Å². The maximum Gasteiger partial charge on any atom is 0.0467 e. The van der Waals surface area contributed by atoms with Crippen molar-refractivity contribution in [1.29, 1.82) is 0 Å². The van der Waals surface area contributed by atoms with Gasteiger partial charge in [0.05, 0.1) is 0 Å². The minimum atomic E-state index is 1.02. The van der Waals surface area contributed by atoms with Crippen molar-refractivity contribution in [3.63, 3.8) is 0 Å². The van der Waals surface area contributed by atoms with Crippen LogP contribution in [0.15, 0.2) is 53.4 Å². The summed E-state index contributed by atoms with van der Waals surface area (Å²) in [6.45, 7) is 4.33. The third-order valence-corrected chi connectivity index (χ3v) is 4.74. The minimum Gasteiger partial charge on any atom is -0.358 e. The van der Waals surface area contributed by atoms with Gasteiger partial charge in [-0.1, -0.05) is 42.5 Å². The van der Waals surface area contributed by atoms with Crippen LogP contribution in [-0.4, -0.2) is 4.98 Å². The van der Waals surface area contributed by atoms with Crippen LogP contribution in [0.1, 0.15) is 16.8 Å². The lowest BCUT2D eigenvalue weighted by atomic mass is 10.1. The largest absolute Gasteiger partial charge is 0.358 e. The topological polar surface area (TPSA) is 15.8 Å². The molecule has 1 nitrogen and oxygen atoms in total. The number of fused-ring (bicyclic) bond motifs is 1. The molecule has 0 spiro atoms. The van der Waals surface area contributed by atoms with E-state index in [1.165, 1.54) is 32.6 Å². The second-order valence-corrected chi connectivity index (χ2v) is 5.83. The Bertz CT molecular complexity index is 712. The SMILES string of the molecule is Cc1ccccc1CSc1c(C)[nH]c2ccccc12. The van der Waals surface area contributed by atoms with E-state index < -0.39 is 0 Å². The van der Waals surface area contributed by atoms with Crippen molar-refractivity contribution < 1.29 is 0 Å². The van der Waals surface area contributed by atoms with Crippen molar-refractivity contribution in [3.8, 4) is 0 Å². The van der Waals surface area contributed by atoms with Crippen molar-refractivity contribution in [2.24, 2.45) is 0 Å². The van der Waals surface area contributed by atoms with Crippen LogP contribution in [0.3, 0.4) is 0 Å². The lowest BCUT2D eigenvalue weighted by Crippen LogP contribution is -1.85. The lowest BCUT2D eigenvalue weighted by molar-refractivity contribution is 1.22. The normalized spacial score (nSPS) is 11.1.